The number of benzene rings is 1. The number of rotatable bonds is 6. The van der Waals surface area contributed by atoms with Gasteiger partial charge >= 0.3 is 5.97 Å². The molecule has 4 atom stereocenters. The Morgan fingerprint density at radius 2 is 1.84 bits per heavy atom. The van der Waals surface area contributed by atoms with E-state index in [-0.39, 0.29) is 18.0 Å². The van der Waals surface area contributed by atoms with Crippen molar-refractivity contribution in [1.29, 1.82) is 0 Å². The Bertz CT molecular complexity index is 844. The van der Waals surface area contributed by atoms with Crippen LogP contribution in [0.25, 0.3) is 0 Å². The molecule has 0 saturated heterocycles. The lowest BCUT2D eigenvalue weighted by Crippen LogP contribution is -2.55. The van der Waals surface area contributed by atoms with Crippen molar-refractivity contribution in [3.63, 3.8) is 0 Å². The van der Waals surface area contributed by atoms with Crippen LogP contribution in [0.4, 0.5) is 0 Å². The van der Waals surface area contributed by atoms with Crippen molar-refractivity contribution in [1.82, 2.24) is 0 Å². The van der Waals surface area contributed by atoms with Crippen molar-refractivity contribution >= 4 is 5.97 Å². The number of esters is 1. The monoisotopic (exact) mass is 428 g/mol. The fourth-order valence-electron chi connectivity index (χ4n) is 7.95. The van der Waals surface area contributed by atoms with Crippen LogP contribution in [0.15, 0.2) is 12.1 Å². The molecule has 0 aliphatic heterocycles. The number of aryl methyl sites for hydroxylation is 1. The van der Waals surface area contributed by atoms with Gasteiger partial charge in [-0.05, 0) is 95.9 Å². The van der Waals surface area contributed by atoms with Gasteiger partial charge in [-0.25, -0.2) is 4.79 Å². The van der Waals surface area contributed by atoms with Gasteiger partial charge in [0.15, 0.2) is 0 Å². The van der Waals surface area contributed by atoms with Crippen LogP contribution in [0, 0.1) is 29.6 Å². The Labute approximate surface area is 188 Å². The quantitative estimate of drug-likeness (QED) is 0.335. The van der Waals surface area contributed by atoms with Crippen LogP contribution in [-0.2, 0) is 26.1 Å². The second-order valence-electron chi connectivity index (χ2n) is 11.4. The molecule has 31 heavy (non-hydrogen) atoms. The molecule has 0 unspecified atom stereocenters. The second-order valence-corrected chi connectivity index (χ2v) is 11.4. The highest BCUT2D eigenvalue weighted by molar-refractivity contribution is 5.74. The molecular weight excluding hydrogens is 388 g/mol. The summed E-state index contributed by atoms with van der Waals surface area (Å²) in [5, 5.41) is 0. The third kappa shape index (κ3) is 3.84. The third-order valence-electron chi connectivity index (χ3n) is 9.06. The summed E-state index contributed by atoms with van der Waals surface area (Å²) in [6, 6.07) is 4.18. The number of hydrogen-bond acceptors (Lipinski definition) is 4. The van der Waals surface area contributed by atoms with Crippen LogP contribution in [-0.4, -0.2) is 32.9 Å². The molecule has 0 bridgehead atoms. The Hall–Kier alpha value is -1.39. The Kier molecular flexibility index (Phi) is 6.02. The Morgan fingerprint density at radius 1 is 1.06 bits per heavy atom. The predicted molar refractivity (Wildman–Crippen MR) is 123 cm³/mol. The molecule has 3 aliphatic rings. The molecule has 1 aromatic carbocycles. The van der Waals surface area contributed by atoms with E-state index >= 15 is 0 Å². The molecule has 4 nitrogen and oxygen atoms in total. The van der Waals surface area contributed by atoms with Gasteiger partial charge in [0, 0.05) is 7.11 Å². The summed E-state index contributed by atoms with van der Waals surface area (Å²) in [6.07, 6.45) is 7.73. The summed E-state index contributed by atoms with van der Waals surface area (Å²) in [6.45, 7) is 13.1. The molecule has 172 valence electrons. The number of fused-ring (bicyclic) bond motifs is 5. The molecule has 0 aromatic heterocycles. The van der Waals surface area contributed by atoms with Crippen molar-refractivity contribution in [3.05, 3.63) is 28.8 Å². The highest BCUT2D eigenvalue weighted by Crippen LogP contribution is 2.67. The van der Waals surface area contributed by atoms with Crippen molar-refractivity contribution < 1.29 is 19.0 Å². The normalized spacial score (nSPS) is 33.4. The van der Waals surface area contributed by atoms with E-state index < -0.39 is 0 Å². The molecule has 3 aliphatic carbocycles. The van der Waals surface area contributed by atoms with Crippen molar-refractivity contribution in [3.8, 4) is 5.75 Å². The zero-order valence-electron chi connectivity index (χ0n) is 20.3. The van der Waals surface area contributed by atoms with E-state index in [1.165, 1.54) is 48.8 Å². The van der Waals surface area contributed by atoms with E-state index in [1.807, 2.05) is 0 Å². The van der Waals surface area contributed by atoms with Gasteiger partial charge in [-0.1, -0.05) is 34.1 Å². The molecule has 2 fully saturated rings. The molecule has 1 aromatic rings. The van der Waals surface area contributed by atoms with E-state index in [4.69, 9.17) is 14.2 Å². The van der Waals surface area contributed by atoms with Crippen molar-refractivity contribution in [2.24, 2.45) is 22.7 Å². The molecule has 0 amide bonds. The lowest BCUT2D eigenvalue weighted by molar-refractivity contribution is -0.139. The molecule has 2 saturated carbocycles. The van der Waals surface area contributed by atoms with Crippen LogP contribution >= 0.6 is 0 Å². The van der Waals surface area contributed by atoms with Gasteiger partial charge < -0.3 is 14.2 Å². The highest BCUT2D eigenvalue weighted by Gasteiger charge is 2.61. The number of hydrogen-bond donors (Lipinski definition) is 0. The van der Waals surface area contributed by atoms with Gasteiger partial charge in [0.2, 0.25) is 0 Å². The fraction of sp³-hybridized carbons (Fsp3) is 0.741. The first-order chi connectivity index (χ1) is 14.6. The molecule has 4 rings (SSSR count). The van der Waals surface area contributed by atoms with Gasteiger partial charge in [0.25, 0.3) is 0 Å². The van der Waals surface area contributed by atoms with Crippen LogP contribution in [0.1, 0.15) is 76.5 Å². The number of carbonyl (C=O) groups excluding carboxylic acids is 1. The molecular formula is C27H40O4. The Balaban J connectivity index is 1.57. The van der Waals surface area contributed by atoms with E-state index in [9.17, 15) is 4.79 Å². The van der Waals surface area contributed by atoms with Gasteiger partial charge in [-0.3, -0.25) is 0 Å². The summed E-state index contributed by atoms with van der Waals surface area (Å²) in [5.41, 5.74) is 5.22. The van der Waals surface area contributed by atoms with Gasteiger partial charge in [-0.15, -0.1) is 0 Å². The highest BCUT2D eigenvalue weighted by atomic mass is 16.6. The first-order valence-corrected chi connectivity index (χ1v) is 12.0. The SMILES string of the molecule is COCCOCC(=O)Oc1cc(C)c2c(c1)C[C@@H]1[C@@]3(C)CCCC(C)(C)[C@@H]3CC[C@@]21C. The largest absolute Gasteiger partial charge is 0.425 e. The summed E-state index contributed by atoms with van der Waals surface area (Å²) in [7, 11) is 1.62. The standard InChI is InChI=1S/C27H40O4/c1-18-14-20(31-23(28)17-30-13-12-29-6)15-19-16-22-26(4)10-7-9-25(2,3)21(26)8-11-27(22,5)24(18)19/h14-15,21-22H,7-13,16-17H2,1-6H3/t21-,22+,26-,27+/m0/s1. The minimum Gasteiger partial charge on any atom is -0.425 e. The van der Waals surface area contributed by atoms with E-state index in [0.717, 1.165) is 12.3 Å². The summed E-state index contributed by atoms with van der Waals surface area (Å²) in [5.74, 6) is 1.76. The lowest BCUT2D eigenvalue weighted by Gasteiger charge is -2.61. The van der Waals surface area contributed by atoms with Crippen LogP contribution < -0.4 is 4.74 Å². The fourth-order valence-corrected chi connectivity index (χ4v) is 7.95. The van der Waals surface area contributed by atoms with E-state index in [2.05, 4.69) is 46.8 Å². The molecule has 0 radical (unpaired) electrons. The Morgan fingerprint density at radius 3 is 2.58 bits per heavy atom. The van der Waals surface area contributed by atoms with Gasteiger partial charge in [0.05, 0.1) is 13.2 Å². The molecule has 0 N–H and O–H groups in total. The average molecular weight is 429 g/mol. The first-order valence-electron chi connectivity index (χ1n) is 12.0. The zero-order valence-corrected chi connectivity index (χ0v) is 20.3. The zero-order chi connectivity index (χ0) is 22.4. The molecule has 0 heterocycles. The second kappa shape index (κ2) is 8.19. The molecule has 0 spiro atoms. The smallest absolute Gasteiger partial charge is 0.337 e. The summed E-state index contributed by atoms with van der Waals surface area (Å²) in [4.78, 5) is 12.2. The predicted octanol–water partition coefficient (Wildman–Crippen LogP) is 5.62. The van der Waals surface area contributed by atoms with E-state index in [1.54, 1.807) is 7.11 Å². The van der Waals surface area contributed by atoms with Gasteiger partial charge in [0.1, 0.15) is 12.4 Å². The minimum absolute atomic E-state index is 0.0470. The summed E-state index contributed by atoms with van der Waals surface area (Å²) < 4.78 is 15.9. The van der Waals surface area contributed by atoms with Gasteiger partial charge in [-0.2, -0.15) is 0 Å². The molecule has 4 heteroatoms. The number of carbonyl (C=O) groups is 1. The van der Waals surface area contributed by atoms with Crippen LogP contribution in [0.5, 0.6) is 5.75 Å². The topological polar surface area (TPSA) is 44.8 Å². The maximum Gasteiger partial charge on any atom is 0.337 e. The minimum atomic E-state index is -0.349. The van der Waals surface area contributed by atoms with Crippen molar-refractivity contribution in [2.75, 3.05) is 26.9 Å². The average Bonchev–Trinajstić information content (AvgIpc) is 2.99. The van der Waals surface area contributed by atoms with E-state index in [0.29, 0.717) is 35.7 Å². The maximum absolute atomic E-state index is 12.2. The van der Waals surface area contributed by atoms with Crippen LogP contribution in [0.2, 0.25) is 0 Å². The van der Waals surface area contributed by atoms with Crippen LogP contribution in [0.3, 0.4) is 0 Å². The summed E-state index contributed by atoms with van der Waals surface area (Å²) >= 11 is 0. The third-order valence-corrected chi connectivity index (χ3v) is 9.06. The van der Waals surface area contributed by atoms with Crippen molar-refractivity contribution in [2.45, 2.75) is 78.6 Å². The first kappa shape index (κ1) is 22.8. The maximum atomic E-state index is 12.2. The lowest BCUT2D eigenvalue weighted by atomic mass is 9.43. The number of methoxy groups -OCH3 is 1. The number of ether oxygens (including phenoxy) is 3.